The van der Waals surface area contributed by atoms with Crippen molar-refractivity contribution in [3.05, 3.63) is 124 Å². The van der Waals surface area contributed by atoms with E-state index in [0.29, 0.717) is 47.0 Å². The fourth-order valence-electron chi connectivity index (χ4n) is 5.74. The van der Waals surface area contributed by atoms with E-state index in [9.17, 15) is 0 Å². The van der Waals surface area contributed by atoms with Gasteiger partial charge < -0.3 is 9.72 Å². The summed E-state index contributed by atoms with van der Waals surface area (Å²) in [6.45, 7) is 2.09. The number of halogens is 3. The Morgan fingerprint density at radius 2 is 1.91 bits per heavy atom. The third-order valence-corrected chi connectivity index (χ3v) is 8.66. The van der Waals surface area contributed by atoms with Crippen LogP contribution in [-0.4, -0.2) is 29.7 Å². The zero-order valence-corrected chi connectivity index (χ0v) is 25.6. The van der Waals surface area contributed by atoms with Crippen LogP contribution in [0.2, 0.25) is 0 Å². The van der Waals surface area contributed by atoms with Crippen LogP contribution in [-0.2, 0) is 18.9 Å². The summed E-state index contributed by atoms with van der Waals surface area (Å²) in [5.74, 6) is 0.156. The van der Waals surface area contributed by atoms with Gasteiger partial charge in [-0.1, -0.05) is 34.1 Å². The van der Waals surface area contributed by atoms with E-state index in [0.717, 1.165) is 15.4 Å². The molecule has 0 amide bonds. The SMILES string of the molecule is Cn1nc2nc1-c1cc(ccc1F)Oc1c(F)cc3[nH]ccc3c1Cc1cnc(cn1)/C=C/CCC2(C)c1cccc(Br)c1. The van der Waals surface area contributed by atoms with Gasteiger partial charge >= 0.3 is 0 Å². The van der Waals surface area contributed by atoms with Gasteiger partial charge in [0.05, 0.1) is 28.6 Å². The maximum atomic E-state index is 15.6. The lowest BCUT2D eigenvalue weighted by atomic mass is 9.77. The molecule has 3 aromatic heterocycles. The molecule has 10 heteroatoms. The van der Waals surface area contributed by atoms with Crippen LogP contribution in [0.1, 0.15) is 48.1 Å². The number of hydrogen-bond donors (Lipinski definition) is 1. The summed E-state index contributed by atoms with van der Waals surface area (Å²) in [7, 11) is 1.74. The van der Waals surface area contributed by atoms with Gasteiger partial charge in [-0.25, -0.2) is 18.4 Å². The van der Waals surface area contributed by atoms with Crippen LogP contribution in [0.15, 0.2) is 83.7 Å². The second-order valence-corrected chi connectivity index (χ2v) is 12.0. The van der Waals surface area contributed by atoms with Gasteiger partial charge in [0.15, 0.2) is 23.2 Å². The number of rotatable bonds is 1. The van der Waals surface area contributed by atoms with Crippen molar-refractivity contribution in [1.29, 1.82) is 0 Å². The Balaban J connectivity index is 1.41. The molecule has 2 aliphatic rings. The molecular weight excluding hydrogens is 626 g/mol. The van der Waals surface area contributed by atoms with Crippen molar-refractivity contribution >= 4 is 32.9 Å². The molecule has 1 N–H and O–H groups in total. The summed E-state index contributed by atoms with van der Waals surface area (Å²) in [5.41, 5.74) is 3.23. The number of nitrogens with one attached hydrogen (secondary N) is 1. The molecule has 1 unspecified atom stereocenters. The van der Waals surface area contributed by atoms with E-state index in [4.69, 9.17) is 14.8 Å². The number of aryl methyl sites for hydroxylation is 1. The molecule has 3 aromatic carbocycles. The minimum Gasteiger partial charge on any atom is -0.454 e. The Labute approximate surface area is 260 Å². The lowest BCUT2D eigenvalue weighted by Crippen LogP contribution is -2.25. The van der Waals surface area contributed by atoms with E-state index in [1.165, 1.54) is 24.3 Å². The van der Waals surface area contributed by atoms with Crippen molar-refractivity contribution < 1.29 is 13.5 Å². The van der Waals surface area contributed by atoms with Gasteiger partial charge in [0.25, 0.3) is 0 Å². The molecule has 8 rings (SSSR count). The predicted octanol–water partition coefficient (Wildman–Crippen LogP) is 8.29. The summed E-state index contributed by atoms with van der Waals surface area (Å²) in [6.07, 6.45) is 10.8. The van der Waals surface area contributed by atoms with Gasteiger partial charge in [-0.2, -0.15) is 5.10 Å². The number of fused-ring (bicyclic) bond motifs is 6. The first-order valence-electron chi connectivity index (χ1n) is 14.2. The summed E-state index contributed by atoms with van der Waals surface area (Å²) in [4.78, 5) is 17.2. The number of H-pyrrole nitrogens is 1. The van der Waals surface area contributed by atoms with Gasteiger partial charge in [0.2, 0.25) is 0 Å². The summed E-state index contributed by atoms with van der Waals surface area (Å²) < 4.78 is 39.8. The fraction of sp³-hybridized carbons (Fsp3) is 0.176. The summed E-state index contributed by atoms with van der Waals surface area (Å²) >= 11 is 3.60. The minimum absolute atomic E-state index is 0.0410. The number of hydrogen-bond acceptors (Lipinski definition) is 5. The molecule has 0 saturated carbocycles. The molecule has 6 aromatic rings. The second kappa shape index (κ2) is 11.1. The fourth-order valence-corrected chi connectivity index (χ4v) is 6.13. The van der Waals surface area contributed by atoms with Crippen LogP contribution in [0.4, 0.5) is 8.78 Å². The third kappa shape index (κ3) is 5.09. The van der Waals surface area contributed by atoms with Gasteiger partial charge in [0.1, 0.15) is 11.6 Å². The van der Waals surface area contributed by atoms with Crippen LogP contribution in [0.25, 0.3) is 28.4 Å². The molecule has 0 spiro atoms. The largest absolute Gasteiger partial charge is 0.454 e. The Morgan fingerprint density at radius 3 is 2.73 bits per heavy atom. The topological polar surface area (TPSA) is 81.5 Å². The number of aromatic amines is 1. The highest BCUT2D eigenvalue weighted by atomic mass is 79.9. The highest BCUT2D eigenvalue weighted by Gasteiger charge is 2.34. The molecule has 44 heavy (non-hydrogen) atoms. The number of aromatic nitrogens is 6. The maximum absolute atomic E-state index is 15.6. The zero-order chi connectivity index (χ0) is 30.4. The quantitative estimate of drug-likeness (QED) is 0.193. The standard InChI is InChI=1S/C34H27BrF2N6O/c1-34(20-6-5-7-21(35)14-20)12-4-3-8-22-18-40-23(19-39-22)15-26-25-11-13-38-30(25)17-29(37)31(26)44-24-9-10-28(36)27(16-24)32-41-33(34)42-43(32)2/h3,5-11,13-14,16-19,38H,4,12,15H2,1-2H3/b8-3+. The van der Waals surface area contributed by atoms with E-state index >= 15 is 8.78 Å². The molecule has 0 saturated heterocycles. The zero-order valence-electron chi connectivity index (χ0n) is 24.0. The maximum Gasteiger partial charge on any atom is 0.168 e. The normalized spacial score (nSPS) is 17.4. The van der Waals surface area contributed by atoms with Crippen LogP contribution < -0.4 is 4.74 Å². The van der Waals surface area contributed by atoms with Gasteiger partial charge in [-0.15, -0.1) is 0 Å². The lowest BCUT2D eigenvalue weighted by molar-refractivity contribution is 0.437. The third-order valence-electron chi connectivity index (χ3n) is 8.17. The van der Waals surface area contributed by atoms with Crippen molar-refractivity contribution in [3.8, 4) is 22.9 Å². The first-order valence-corrected chi connectivity index (χ1v) is 15.0. The number of ether oxygens (including phenoxy) is 1. The molecule has 5 heterocycles. The first kappa shape index (κ1) is 28.1. The van der Waals surface area contributed by atoms with Crippen LogP contribution in [0.3, 0.4) is 0 Å². The summed E-state index contributed by atoms with van der Waals surface area (Å²) in [6, 6.07) is 15.6. The highest BCUT2D eigenvalue weighted by Crippen LogP contribution is 2.39. The second-order valence-electron chi connectivity index (χ2n) is 11.1. The Morgan fingerprint density at radius 1 is 1.02 bits per heavy atom. The molecule has 7 nitrogen and oxygen atoms in total. The van der Waals surface area contributed by atoms with Gasteiger partial charge in [-0.3, -0.25) is 9.97 Å². The Bertz CT molecular complexity index is 2050. The molecule has 2 aliphatic heterocycles. The van der Waals surface area contributed by atoms with Crippen molar-refractivity contribution in [2.24, 2.45) is 7.05 Å². The van der Waals surface area contributed by atoms with E-state index in [-0.39, 0.29) is 23.5 Å². The van der Waals surface area contributed by atoms with Crippen molar-refractivity contribution in [2.75, 3.05) is 0 Å². The van der Waals surface area contributed by atoms with Gasteiger partial charge in [-0.05, 0) is 67.8 Å². The molecule has 220 valence electrons. The van der Waals surface area contributed by atoms with E-state index in [2.05, 4.69) is 49.9 Å². The first-order chi connectivity index (χ1) is 21.3. The smallest absolute Gasteiger partial charge is 0.168 e. The minimum atomic E-state index is -0.600. The van der Waals surface area contributed by atoms with Crippen molar-refractivity contribution in [3.63, 3.8) is 0 Å². The number of allylic oxidation sites excluding steroid dienone is 1. The van der Waals surface area contributed by atoms with Crippen LogP contribution in [0, 0.1) is 11.6 Å². The van der Waals surface area contributed by atoms with Crippen LogP contribution in [0.5, 0.6) is 11.5 Å². The number of nitrogens with zero attached hydrogens (tertiary/aromatic N) is 5. The monoisotopic (exact) mass is 652 g/mol. The highest BCUT2D eigenvalue weighted by molar-refractivity contribution is 9.10. The summed E-state index contributed by atoms with van der Waals surface area (Å²) in [5, 5.41) is 5.59. The lowest BCUT2D eigenvalue weighted by Gasteiger charge is -2.27. The Hall–Kier alpha value is -4.70. The molecular formula is C34H27BrF2N6O. The average molecular weight is 654 g/mol. The molecule has 0 radical (unpaired) electrons. The molecule has 1 atom stereocenters. The van der Waals surface area contributed by atoms with Crippen molar-refractivity contribution in [2.45, 2.75) is 31.6 Å². The predicted molar refractivity (Wildman–Crippen MR) is 168 cm³/mol. The van der Waals surface area contributed by atoms with E-state index < -0.39 is 17.0 Å². The van der Waals surface area contributed by atoms with Crippen molar-refractivity contribution in [1.82, 2.24) is 29.7 Å². The average Bonchev–Trinajstić information content (AvgIpc) is 3.65. The van der Waals surface area contributed by atoms with E-state index in [1.54, 1.807) is 30.3 Å². The van der Waals surface area contributed by atoms with Crippen LogP contribution >= 0.6 is 15.9 Å². The molecule has 6 bridgehead atoms. The number of benzene rings is 3. The van der Waals surface area contributed by atoms with E-state index in [1.807, 2.05) is 30.3 Å². The molecule has 0 fully saturated rings. The van der Waals surface area contributed by atoms with Gasteiger partial charge in [0, 0.05) is 52.9 Å². The molecule has 0 aliphatic carbocycles. The Kier molecular flexibility index (Phi) is 7.08.